The lowest BCUT2D eigenvalue weighted by Crippen LogP contribution is -2.17. The Kier molecular flexibility index (Phi) is 5.84. The van der Waals surface area contributed by atoms with Gasteiger partial charge in [0, 0.05) is 22.9 Å². The number of nitrogens with zero attached hydrogens (tertiary/aromatic N) is 5. The SMILES string of the molecule is Cc1nn(Cc2c(C(=O)Nc3cc(C)n(Cc4ccccc4F)n3)noc2C)c(C)c1Cl. The molecule has 10 heteroatoms. The minimum absolute atomic E-state index is 0.146. The van der Waals surface area contributed by atoms with Gasteiger partial charge in [0.2, 0.25) is 0 Å². The summed E-state index contributed by atoms with van der Waals surface area (Å²) in [7, 11) is 0. The molecular weight excluding hydrogens is 435 g/mol. The Balaban J connectivity index is 1.54. The first kappa shape index (κ1) is 21.8. The molecule has 0 aliphatic heterocycles. The van der Waals surface area contributed by atoms with E-state index in [1.807, 2.05) is 20.8 Å². The number of halogens is 2. The second kappa shape index (κ2) is 8.58. The van der Waals surface area contributed by atoms with Gasteiger partial charge in [-0.1, -0.05) is 35.0 Å². The van der Waals surface area contributed by atoms with Crippen LogP contribution in [-0.2, 0) is 13.1 Å². The quantitative estimate of drug-likeness (QED) is 0.463. The number of amides is 1. The number of benzene rings is 1. The molecule has 8 nitrogen and oxygen atoms in total. The van der Waals surface area contributed by atoms with E-state index in [2.05, 4.69) is 20.7 Å². The highest BCUT2D eigenvalue weighted by atomic mass is 35.5. The third kappa shape index (κ3) is 4.16. The average molecular weight is 457 g/mol. The fourth-order valence-electron chi connectivity index (χ4n) is 3.43. The molecule has 1 aromatic carbocycles. The Morgan fingerprint density at radius 1 is 1.12 bits per heavy atom. The molecule has 3 aromatic heterocycles. The molecule has 166 valence electrons. The van der Waals surface area contributed by atoms with Crippen molar-refractivity contribution in [2.24, 2.45) is 0 Å². The highest BCUT2D eigenvalue weighted by Gasteiger charge is 2.23. The molecule has 4 rings (SSSR count). The second-order valence-electron chi connectivity index (χ2n) is 7.58. The molecule has 0 aliphatic rings. The molecule has 0 atom stereocenters. The molecule has 0 saturated heterocycles. The van der Waals surface area contributed by atoms with Crippen molar-refractivity contribution in [3.63, 3.8) is 0 Å². The van der Waals surface area contributed by atoms with E-state index in [4.69, 9.17) is 16.1 Å². The Morgan fingerprint density at radius 3 is 2.56 bits per heavy atom. The molecule has 0 radical (unpaired) electrons. The molecule has 0 aliphatic carbocycles. The molecule has 1 N–H and O–H groups in total. The third-order valence-electron chi connectivity index (χ3n) is 5.30. The highest BCUT2D eigenvalue weighted by Crippen LogP contribution is 2.23. The fourth-order valence-corrected chi connectivity index (χ4v) is 3.56. The number of aryl methyl sites for hydroxylation is 3. The standard InChI is InChI=1S/C22H22ClFN6O2/c1-12-9-19(27-29(12)10-16-7-5-6-8-18(16)24)25-22(31)21-17(15(4)32-28-21)11-30-14(3)20(23)13(2)26-30/h5-9H,10-11H2,1-4H3,(H,25,27,31). The molecule has 1 amide bonds. The topological polar surface area (TPSA) is 90.8 Å². The van der Waals surface area contributed by atoms with Crippen LogP contribution in [0.1, 0.15) is 44.5 Å². The number of carbonyl (C=O) groups excluding carboxylic acids is 1. The van der Waals surface area contributed by atoms with Crippen molar-refractivity contribution in [1.29, 1.82) is 0 Å². The van der Waals surface area contributed by atoms with Gasteiger partial charge in [0.1, 0.15) is 11.6 Å². The van der Waals surface area contributed by atoms with Crippen LogP contribution in [0.15, 0.2) is 34.9 Å². The van der Waals surface area contributed by atoms with Gasteiger partial charge in [-0.15, -0.1) is 0 Å². The monoisotopic (exact) mass is 456 g/mol. The van der Waals surface area contributed by atoms with Crippen molar-refractivity contribution < 1.29 is 13.7 Å². The summed E-state index contributed by atoms with van der Waals surface area (Å²) >= 11 is 6.24. The molecule has 0 saturated carbocycles. The van der Waals surface area contributed by atoms with Crippen molar-refractivity contribution >= 4 is 23.3 Å². The smallest absolute Gasteiger partial charge is 0.279 e. The fraction of sp³-hybridized carbons (Fsp3) is 0.273. The van der Waals surface area contributed by atoms with Crippen molar-refractivity contribution in [3.8, 4) is 0 Å². The number of hydrogen-bond donors (Lipinski definition) is 1. The summed E-state index contributed by atoms with van der Waals surface area (Å²) in [4.78, 5) is 12.9. The first-order chi connectivity index (χ1) is 15.2. The Hall–Kier alpha value is -3.46. The van der Waals surface area contributed by atoms with Gasteiger partial charge in [-0.3, -0.25) is 14.2 Å². The first-order valence-corrected chi connectivity index (χ1v) is 10.4. The normalized spacial score (nSPS) is 11.2. The minimum Gasteiger partial charge on any atom is -0.361 e. The van der Waals surface area contributed by atoms with Crippen LogP contribution in [0.5, 0.6) is 0 Å². The highest BCUT2D eigenvalue weighted by molar-refractivity contribution is 6.31. The summed E-state index contributed by atoms with van der Waals surface area (Å²) in [5.41, 5.74) is 3.53. The maximum atomic E-state index is 14.0. The van der Waals surface area contributed by atoms with Gasteiger partial charge in [-0.05, 0) is 33.8 Å². The summed E-state index contributed by atoms with van der Waals surface area (Å²) in [6.45, 7) is 7.79. The third-order valence-corrected chi connectivity index (χ3v) is 5.85. The van der Waals surface area contributed by atoms with E-state index >= 15 is 0 Å². The maximum Gasteiger partial charge on any atom is 0.279 e. The summed E-state index contributed by atoms with van der Waals surface area (Å²) < 4.78 is 22.6. The van der Waals surface area contributed by atoms with Gasteiger partial charge in [-0.2, -0.15) is 10.2 Å². The summed E-state index contributed by atoms with van der Waals surface area (Å²) in [5.74, 6) is 0.0877. The Labute approximate surface area is 189 Å². The molecule has 0 fully saturated rings. The first-order valence-electron chi connectivity index (χ1n) is 9.98. The van der Waals surface area contributed by atoms with E-state index in [0.29, 0.717) is 33.4 Å². The van der Waals surface area contributed by atoms with Crippen LogP contribution in [-0.4, -0.2) is 30.6 Å². The Bertz CT molecular complexity index is 1310. The predicted molar refractivity (Wildman–Crippen MR) is 117 cm³/mol. The number of hydrogen-bond acceptors (Lipinski definition) is 5. The molecule has 0 bridgehead atoms. The average Bonchev–Trinajstić information content (AvgIpc) is 3.36. The van der Waals surface area contributed by atoms with Gasteiger partial charge in [0.25, 0.3) is 5.91 Å². The predicted octanol–water partition coefficient (Wildman–Crippen LogP) is 4.44. The number of nitrogens with one attached hydrogen (secondary N) is 1. The zero-order valence-corrected chi connectivity index (χ0v) is 18.9. The van der Waals surface area contributed by atoms with Gasteiger partial charge >= 0.3 is 0 Å². The zero-order valence-electron chi connectivity index (χ0n) is 18.1. The van der Waals surface area contributed by atoms with Gasteiger partial charge < -0.3 is 9.84 Å². The van der Waals surface area contributed by atoms with Crippen molar-refractivity contribution in [3.05, 3.63) is 80.8 Å². The second-order valence-corrected chi connectivity index (χ2v) is 7.96. The van der Waals surface area contributed by atoms with Crippen LogP contribution in [0.3, 0.4) is 0 Å². The van der Waals surface area contributed by atoms with Crippen LogP contribution in [0.25, 0.3) is 0 Å². The van der Waals surface area contributed by atoms with E-state index in [0.717, 1.165) is 11.4 Å². The molecule has 4 aromatic rings. The molecule has 3 heterocycles. The summed E-state index contributed by atoms with van der Waals surface area (Å²) in [5, 5.41) is 16.1. The minimum atomic E-state index is -0.458. The van der Waals surface area contributed by atoms with E-state index in [-0.39, 0.29) is 24.6 Å². The van der Waals surface area contributed by atoms with E-state index in [9.17, 15) is 9.18 Å². The van der Waals surface area contributed by atoms with Crippen LogP contribution >= 0.6 is 11.6 Å². The van der Waals surface area contributed by atoms with Crippen molar-refractivity contribution in [1.82, 2.24) is 24.7 Å². The van der Waals surface area contributed by atoms with Crippen LogP contribution in [0, 0.1) is 33.5 Å². The lowest BCUT2D eigenvalue weighted by molar-refractivity contribution is 0.101. The number of rotatable bonds is 6. The molecule has 0 unspecified atom stereocenters. The molecule has 0 spiro atoms. The summed E-state index contributed by atoms with van der Waals surface area (Å²) in [6.07, 6.45) is 0. The lowest BCUT2D eigenvalue weighted by atomic mass is 10.2. The summed E-state index contributed by atoms with van der Waals surface area (Å²) in [6, 6.07) is 8.22. The van der Waals surface area contributed by atoms with Gasteiger partial charge in [0.15, 0.2) is 11.5 Å². The van der Waals surface area contributed by atoms with Crippen LogP contribution in [0.4, 0.5) is 10.2 Å². The molecule has 32 heavy (non-hydrogen) atoms. The van der Waals surface area contributed by atoms with E-state index in [1.165, 1.54) is 6.07 Å². The van der Waals surface area contributed by atoms with E-state index in [1.54, 1.807) is 40.6 Å². The lowest BCUT2D eigenvalue weighted by Gasteiger charge is -2.06. The van der Waals surface area contributed by atoms with Gasteiger partial charge in [-0.25, -0.2) is 4.39 Å². The van der Waals surface area contributed by atoms with Crippen molar-refractivity contribution in [2.75, 3.05) is 5.32 Å². The maximum absolute atomic E-state index is 14.0. The largest absolute Gasteiger partial charge is 0.361 e. The number of aromatic nitrogens is 5. The van der Waals surface area contributed by atoms with Crippen molar-refractivity contribution in [2.45, 2.75) is 40.8 Å². The zero-order chi connectivity index (χ0) is 23.0. The van der Waals surface area contributed by atoms with E-state index < -0.39 is 5.91 Å². The molecular formula is C22H22ClFN6O2. The Morgan fingerprint density at radius 2 is 1.88 bits per heavy atom. The number of carbonyl (C=O) groups is 1. The van der Waals surface area contributed by atoms with Gasteiger partial charge in [0.05, 0.1) is 29.5 Å². The number of anilines is 1. The van der Waals surface area contributed by atoms with Crippen LogP contribution < -0.4 is 5.32 Å². The van der Waals surface area contributed by atoms with Crippen LogP contribution in [0.2, 0.25) is 5.02 Å².